The Morgan fingerprint density at radius 1 is 1.07 bits per heavy atom. The zero-order chi connectivity index (χ0) is 21.9. The molecule has 1 aliphatic heterocycles. The van der Waals surface area contributed by atoms with E-state index in [4.69, 9.17) is 4.74 Å². The molecule has 1 heterocycles. The molecule has 1 atom stereocenters. The van der Waals surface area contributed by atoms with Gasteiger partial charge in [-0.05, 0) is 62.2 Å². The van der Waals surface area contributed by atoms with Crippen molar-refractivity contribution in [3.05, 3.63) is 53.1 Å². The number of alkyl halides is 3. The number of nitrogens with one attached hydrogen (secondary N) is 2. The predicted molar refractivity (Wildman–Crippen MR) is 112 cm³/mol. The van der Waals surface area contributed by atoms with Crippen LogP contribution in [0.25, 0.3) is 0 Å². The SMILES string of the molecule is Cc1cc(C)cc(N[C@H](C)C(=O)Nc2cc(C(F)(F)F)ccc2N2CCOCC2)c1. The van der Waals surface area contributed by atoms with Crippen molar-refractivity contribution in [2.75, 3.05) is 41.8 Å². The van der Waals surface area contributed by atoms with Gasteiger partial charge in [0.1, 0.15) is 6.04 Å². The van der Waals surface area contributed by atoms with Gasteiger partial charge < -0.3 is 20.3 Å². The number of hydrogen-bond donors (Lipinski definition) is 2. The Hall–Kier alpha value is -2.74. The lowest BCUT2D eigenvalue weighted by atomic mass is 10.1. The molecule has 3 rings (SSSR count). The molecule has 0 radical (unpaired) electrons. The first-order valence-corrected chi connectivity index (χ1v) is 9.83. The fraction of sp³-hybridized carbons (Fsp3) is 0.409. The summed E-state index contributed by atoms with van der Waals surface area (Å²) < 4.78 is 45.1. The van der Waals surface area contributed by atoms with E-state index in [1.807, 2.05) is 36.9 Å². The van der Waals surface area contributed by atoms with E-state index in [2.05, 4.69) is 10.6 Å². The molecular formula is C22H26F3N3O2. The number of morpholine rings is 1. The molecule has 0 spiro atoms. The van der Waals surface area contributed by atoms with Gasteiger partial charge >= 0.3 is 6.18 Å². The minimum atomic E-state index is -4.49. The second kappa shape index (κ2) is 8.95. The number of carbonyl (C=O) groups is 1. The van der Waals surface area contributed by atoms with E-state index in [-0.39, 0.29) is 5.69 Å². The normalized spacial score (nSPS) is 15.6. The van der Waals surface area contributed by atoms with E-state index in [0.29, 0.717) is 32.0 Å². The summed E-state index contributed by atoms with van der Waals surface area (Å²) in [6, 6.07) is 8.65. The number of aryl methyl sites for hydroxylation is 2. The maximum absolute atomic E-state index is 13.2. The van der Waals surface area contributed by atoms with Crippen molar-refractivity contribution in [2.45, 2.75) is 33.0 Å². The smallest absolute Gasteiger partial charge is 0.378 e. The van der Waals surface area contributed by atoms with Crippen molar-refractivity contribution in [3.8, 4) is 0 Å². The van der Waals surface area contributed by atoms with Gasteiger partial charge in [-0.2, -0.15) is 13.2 Å². The van der Waals surface area contributed by atoms with Crippen LogP contribution in [0.2, 0.25) is 0 Å². The summed E-state index contributed by atoms with van der Waals surface area (Å²) in [5.74, 6) is -0.414. The Labute approximate surface area is 174 Å². The van der Waals surface area contributed by atoms with Crippen molar-refractivity contribution in [3.63, 3.8) is 0 Å². The number of hydrogen-bond acceptors (Lipinski definition) is 4. The first-order chi connectivity index (χ1) is 14.1. The summed E-state index contributed by atoms with van der Waals surface area (Å²) >= 11 is 0. The van der Waals surface area contributed by atoms with Crippen LogP contribution in [-0.2, 0) is 15.7 Å². The minimum Gasteiger partial charge on any atom is -0.378 e. The molecule has 2 aromatic carbocycles. The van der Waals surface area contributed by atoms with E-state index >= 15 is 0 Å². The molecule has 162 valence electrons. The summed E-state index contributed by atoms with van der Waals surface area (Å²) in [5, 5.41) is 5.81. The first-order valence-electron chi connectivity index (χ1n) is 9.83. The molecule has 1 saturated heterocycles. The van der Waals surface area contributed by atoms with Crippen LogP contribution in [0.15, 0.2) is 36.4 Å². The van der Waals surface area contributed by atoms with Crippen molar-refractivity contribution >= 4 is 23.0 Å². The summed E-state index contributed by atoms with van der Waals surface area (Å²) in [4.78, 5) is 14.7. The zero-order valence-electron chi connectivity index (χ0n) is 17.3. The molecule has 1 aliphatic rings. The number of rotatable bonds is 5. The van der Waals surface area contributed by atoms with Crippen molar-refractivity contribution < 1.29 is 22.7 Å². The second-order valence-electron chi connectivity index (χ2n) is 7.56. The Morgan fingerprint density at radius 3 is 2.30 bits per heavy atom. The highest BCUT2D eigenvalue weighted by Gasteiger charge is 2.32. The van der Waals surface area contributed by atoms with E-state index in [1.54, 1.807) is 6.92 Å². The topological polar surface area (TPSA) is 53.6 Å². The van der Waals surface area contributed by atoms with Crippen LogP contribution in [0.4, 0.5) is 30.2 Å². The van der Waals surface area contributed by atoms with Gasteiger partial charge in [-0.25, -0.2) is 0 Å². The number of ether oxygens (including phenoxy) is 1. The minimum absolute atomic E-state index is 0.144. The summed E-state index contributed by atoms with van der Waals surface area (Å²) in [5.41, 5.74) is 2.79. The third kappa shape index (κ3) is 5.44. The number of nitrogens with zero attached hydrogens (tertiary/aromatic N) is 1. The van der Waals surface area contributed by atoms with Crippen LogP contribution in [0.3, 0.4) is 0 Å². The maximum Gasteiger partial charge on any atom is 0.416 e. The molecule has 0 saturated carbocycles. The molecule has 2 aromatic rings. The highest BCUT2D eigenvalue weighted by molar-refractivity contribution is 5.99. The van der Waals surface area contributed by atoms with Crippen LogP contribution in [0.1, 0.15) is 23.6 Å². The zero-order valence-corrected chi connectivity index (χ0v) is 17.3. The van der Waals surface area contributed by atoms with Gasteiger partial charge in [0.05, 0.1) is 30.2 Å². The lowest BCUT2D eigenvalue weighted by Gasteiger charge is -2.31. The summed E-state index contributed by atoms with van der Waals surface area (Å²) in [7, 11) is 0. The Bertz CT molecular complexity index is 889. The van der Waals surface area contributed by atoms with Crippen LogP contribution >= 0.6 is 0 Å². The molecule has 0 bridgehead atoms. The largest absolute Gasteiger partial charge is 0.416 e. The fourth-order valence-electron chi connectivity index (χ4n) is 3.51. The predicted octanol–water partition coefficient (Wildman–Crippen LogP) is 4.60. The second-order valence-corrected chi connectivity index (χ2v) is 7.56. The molecule has 8 heteroatoms. The third-order valence-corrected chi connectivity index (χ3v) is 4.93. The van der Waals surface area contributed by atoms with Gasteiger partial charge in [0, 0.05) is 18.8 Å². The van der Waals surface area contributed by atoms with Gasteiger partial charge in [0.15, 0.2) is 0 Å². The number of benzene rings is 2. The van der Waals surface area contributed by atoms with E-state index in [1.165, 1.54) is 6.07 Å². The highest BCUT2D eigenvalue weighted by Crippen LogP contribution is 2.36. The molecule has 0 aromatic heterocycles. The molecule has 1 fully saturated rings. The van der Waals surface area contributed by atoms with Gasteiger partial charge in [0.2, 0.25) is 5.91 Å². The lowest BCUT2D eigenvalue weighted by molar-refractivity contribution is -0.137. The van der Waals surface area contributed by atoms with E-state index in [0.717, 1.165) is 28.9 Å². The fourth-order valence-corrected chi connectivity index (χ4v) is 3.51. The molecule has 1 amide bonds. The molecular weight excluding hydrogens is 395 g/mol. The molecule has 30 heavy (non-hydrogen) atoms. The quantitative estimate of drug-likeness (QED) is 0.741. The van der Waals surface area contributed by atoms with Crippen LogP contribution in [0, 0.1) is 13.8 Å². The van der Waals surface area contributed by atoms with Crippen LogP contribution in [0.5, 0.6) is 0 Å². The third-order valence-electron chi connectivity index (χ3n) is 4.93. The van der Waals surface area contributed by atoms with Crippen LogP contribution in [-0.4, -0.2) is 38.3 Å². The summed E-state index contributed by atoms with van der Waals surface area (Å²) in [6.45, 7) is 7.66. The average molecular weight is 421 g/mol. The lowest BCUT2D eigenvalue weighted by Crippen LogP contribution is -2.37. The van der Waals surface area contributed by atoms with Gasteiger partial charge in [-0.15, -0.1) is 0 Å². The Kier molecular flexibility index (Phi) is 6.55. The average Bonchev–Trinajstić information content (AvgIpc) is 2.67. The Balaban J connectivity index is 1.82. The number of carbonyl (C=O) groups excluding carboxylic acids is 1. The number of amides is 1. The highest BCUT2D eigenvalue weighted by atomic mass is 19.4. The van der Waals surface area contributed by atoms with Gasteiger partial charge in [0.25, 0.3) is 0 Å². The van der Waals surface area contributed by atoms with Gasteiger partial charge in [-0.3, -0.25) is 4.79 Å². The number of halogens is 3. The van der Waals surface area contributed by atoms with E-state index in [9.17, 15) is 18.0 Å². The van der Waals surface area contributed by atoms with Crippen molar-refractivity contribution in [1.29, 1.82) is 0 Å². The molecule has 0 unspecified atom stereocenters. The Morgan fingerprint density at radius 2 is 1.70 bits per heavy atom. The van der Waals surface area contributed by atoms with Gasteiger partial charge in [-0.1, -0.05) is 6.07 Å². The number of anilines is 3. The summed E-state index contributed by atoms with van der Waals surface area (Å²) in [6.07, 6.45) is -4.49. The van der Waals surface area contributed by atoms with Crippen LogP contribution < -0.4 is 15.5 Å². The molecule has 5 nitrogen and oxygen atoms in total. The van der Waals surface area contributed by atoms with Crippen molar-refractivity contribution in [1.82, 2.24) is 0 Å². The molecule has 0 aliphatic carbocycles. The monoisotopic (exact) mass is 421 g/mol. The maximum atomic E-state index is 13.2. The first kappa shape index (κ1) is 22.0. The molecule has 2 N–H and O–H groups in total. The van der Waals surface area contributed by atoms with E-state index < -0.39 is 23.7 Å². The van der Waals surface area contributed by atoms with Crippen molar-refractivity contribution in [2.24, 2.45) is 0 Å². The standard InChI is InChI=1S/C22H26F3N3O2/c1-14-10-15(2)12-18(11-14)26-16(3)21(29)27-19-13-17(22(23,24)25)4-5-20(19)28-6-8-30-9-7-28/h4-5,10-13,16,26H,6-9H2,1-3H3,(H,27,29)/t16-/m1/s1.